The normalized spacial score (nSPS) is 13.0. The Balaban J connectivity index is 1.48. The molecular weight excluding hydrogens is 262 g/mol. The highest BCUT2D eigenvalue weighted by Gasteiger charge is 2.12. The maximum Gasteiger partial charge on any atom is 0.247 e. The zero-order valence-corrected chi connectivity index (χ0v) is 12.0. The summed E-state index contributed by atoms with van der Waals surface area (Å²) in [5.74, 6) is -0.108. The summed E-state index contributed by atoms with van der Waals surface area (Å²) in [7, 11) is 0. The molecule has 1 aliphatic rings. The van der Waals surface area contributed by atoms with Crippen LogP contribution in [0.15, 0.2) is 48.5 Å². The summed E-state index contributed by atoms with van der Waals surface area (Å²) in [5.41, 5.74) is 7.42. The van der Waals surface area contributed by atoms with Gasteiger partial charge in [0.15, 0.2) is 0 Å². The molecule has 0 saturated heterocycles. The molecule has 2 aromatic rings. The molecule has 3 rings (SSSR count). The second-order valence-corrected chi connectivity index (χ2v) is 5.43. The summed E-state index contributed by atoms with van der Waals surface area (Å²) < 4.78 is 0. The van der Waals surface area contributed by atoms with Crippen molar-refractivity contribution in [1.29, 1.82) is 0 Å². The number of hydrogen-bond donors (Lipinski definition) is 1. The number of fused-ring (bicyclic) bond motifs is 1. The summed E-state index contributed by atoms with van der Waals surface area (Å²) >= 11 is 0. The maximum absolute atomic E-state index is 11.9. The van der Waals surface area contributed by atoms with Gasteiger partial charge in [-0.25, -0.2) is 5.48 Å². The summed E-state index contributed by atoms with van der Waals surface area (Å²) in [6.07, 6.45) is 3.89. The van der Waals surface area contributed by atoms with Crippen molar-refractivity contribution in [2.45, 2.75) is 32.3 Å². The predicted octanol–water partition coefficient (Wildman–Crippen LogP) is 2.97. The molecule has 3 heteroatoms. The van der Waals surface area contributed by atoms with Crippen LogP contribution in [0.1, 0.15) is 28.7 Å². The lowest BCUT2D eigenvalue weighted by Gasteiger charge is -2.07. The highest BCUT2D eigenvalue weighted by atomic mass is 16.6. The molecule has 108 valence electrons. The number of carbonyl (C=O) groups is 1. The van der Waals surface area contributed by atoms with E-state index in [2.05, 4.69) is 17.6 Å². The van der Waals surface area contributed by atoms with Gasteiger partial charge in [0.05, 0.1) is 13.0 Å². The van der Waals surface area contributed by atoms with E-state index in [9.17, 15) is 4.79 Å². The topological polar surface area (TPSA) is 38.3 Å². The molecule has 0 radical (unpaired) electrons. The Morgan fingerprint density at radius 3 is 2.67 bits per heavy atom. The van der Waals surface area contributed by atoms with Crippen molar-refractivity contribution in [1.82, 2.24) is 5.48 Å². The SMILES string of the molecule is O=C(Cc1ccc2c(c1)CCC2)NOCc1ccccc1. The van der Waals surface area contributed by atoms with Gasteiger partial charge in [-0.3, -0.25) is 9.63 Å². The Labute approximate surface area is 124 Å². The molecule has 0 fully saturated rings. The molecule has 3 nitrogen and oxygen atoms in total. The zero-order valence-electron chi connectivity index (χ0n) is 12.0. The molecule has 1 aliphatic carbocycles. The van der Waals surface area contributed by atoms with Crippen molar-refractivity contribution in [2.75, 3.05) is 0 Å². The van der Waals surface area contributed by atoms with Gasteiger partial charge in [-0.15, -0.1) is 0 Å². The highest BCUT2D eigenvalue weighted by molar-refractivity contribution is 5.77. The molecular formula is C18H19NO2. The molecule has 0 bridgehead atoms. The van der Waals surface area contributed by atoms with Crippen LogP contribution in [0.25, 0.3) is 0 Å². The highest BCUT2D eigenvalue weighted by Crippen LogP contribution is 2.22. The number of carbonyl (C=O) groups excluding carboxylic acids is 1. The number of benzene rings is 2. The average molecular weight is 281 g/mol. The van der Waals surface area contributed by atoms with E-state index in [4.69, 9.17) is 4.84 Å². The van der Waals surface area contributed by atoms with Crippen LogP contribution in [0, 0.1) is 0 Å². The fourth-order valence-electron chi connectivity index (χ4n) is 2.73. The molecule has 1 amide bonds. The van der Waals surface area contributed by atoms with Gasteiger partial charge in [0.25, 0.3) is 0 Å². The molecule has 0 spiro atoms. The minimum Gasteiger partial charge on any atom is -0.272 e. The summed E-state index contributed by atoms with van der Waals surface area (Å²) in [5, 5.41) is 0. The van der Waals surface area contributed by atoms with Gasteiger partial charge >= 0.3 is 0 Å². The van der Waals surface area contributed by atoms with Crippen LogP contribution in [-0.4, -0.2) is 5.91 Å². The quantitative estimate of drug-likeness (QED) is 0.856. The zero-order chi connectivity index (χ0) is 14.5. The average Bonchev–Trinajstić information content (AvgIpc) is 2.96. The lowest BCUT2D eigenvalue weighted by Crippen LogP contribution is -2.25. The third-order valence-electron chi connectivity index (χ3n) is 3.80. The van der Waals surface area contributed by atoms with E-state index in [0.29, 0.717) is 13.0 Å². The maximum atomic E-state index is 11.9. The molecule has 2 aromatic carbocycles. The molecule has 0 aliphatic heterocycles. The molecule has 1 N–H and O–H groups in total. The van der Waals surface area contributed by atoms with Gasteiger partial charge in [-0.05, 0) is 41.5 Å². The number of hydrogen-bond acceptors (Lipinski definition) is 2. The van der Waals surface area contributed by atoms with Gasteiger partial charge in [-0.2, -0.15) is 0 Å². The fraction of sp³-hybridized carbons (Fsp3) is 0.278. The van der Waals surface area contributed by atoms with Crippen molar-refractivity contribution in [3.8, 4) is 0 Å². The number of rotatable bonds is 5. The molecule has 0 saturated carbocycles. The van der Waals surface area contributed by atoms with E-state index in [1.165, 1.54) is 24.0 Å². The van der Waals surface area contributed by atoms with E-state index in [0.717, 1.165) is 17.5 Å². The van der Waals surface area contributed by atoms with Crippen molar-refractivity contribution in [3.05, 3.63) is 70.8 Å². The first-order valence-corrected chi connectivity index (χ1v) is 7.36. The van der Waals surface area contributed by atoms with E-state index >= 15 is 0 Å². The summed E-state index contributed by atoms with van der Waals surface area (Å²) in [4.78, 5) is 17.1. The molecule has 0 heterocycles. The predicted molar refractivity (Wildman–Crippen MR) is 81.5 cm³/mol. The van der Waals surface area contributed by atoms with Crippen molar-refractivity contribution >= 4 is 5.91 Å². The van der Waals surface area contributed by atoms with E-state index in [1.807, 2.05) is 36.4 Å². The van der Waals surface area contributed by atoms with Crippen LogP contribution < -0.4 is 5.48 Å². The third-order valence-corrected chi connectivity index (χ3v) is 3.80. The standard InChI is InChI=1S/C18H19NO2/c20-18(19-21-13-14-5-2-1-3-6-14)12-15-9-10-16-7-4-8-17(16)11-15/h1-3,5-6,9-11H,4,7-8,12-13H2,(H,19,20). The van der Waals surface area contributed by atoms with Gasteiger partial charge < -0.3 is 0 Å². The molecule has 0 aromatic heterocycles. The third kappa shape index (κ3) is 3.70. The van der Waals surface area contributed by atoms with Crippen LogP contribution >= 0.6 is 0 Å². The molecule has 21 heavy (non-hydrogen) atoms. The first-order valence-electron chi connectivity index (χ1n) is 7.36. The van der Waals surface area contributed by atoms with Crippen molar-refractivity contribution in [2.24, 2.45) is 0 Å². The van der Waals surface area contributed by atoms with Crippen molar-refractivity contribution < 1.29 is 9.63 Å². The minimum absolute atomic E-state index is 0.108. The van der Waals surface area contributed by atoms with Gasteiger partial charge in [0.2, 0.25) is 5.91 Å². The number of hydroxylamine groups is 1. The Morgan fingerprint density at radius 2 is 1.81 bits per heavy atom. The first kappa shape index (κ1) is 13.8. The number of aryl methyl sites for hydroxylation is 2. The second-order valence-electron chi connectivity index (χ2n) is 5.43. The lowest BCUT2D eigenvalue weighted by atomic mass is 10.0. The Morgan fingerprint density at radius 1 is 1.00 bits per heavy atom. The summed E-state index contributed by atoms with van der Waals surface area (Å²) in [6, 6.07) is 16.1. The largest absolute Gasteiger partial charge is 0.272 e. The van der Waals surface area contributed by atoms with E-state index in [-0.39, 0.29) is 5.91 Å². The van der Waals surface area contributed by atoms with Crippen LogP contribution in [0.5, 0.6) is 0 Å². The van der Waals surface area contributed by atoms with Crippen molar-refractivity contribution in [3.63, 3.8) is 0 Å². The Kier molecular flexibility index (Phi) is 4.31. The van der Waals surface area contributed by atoms with Gasteiger partial charge in [0, 0.05) is 0 Å². The molecule has 0 unspecified atom stereocenters. The first-order chi connectivity index (χ1) is 10.3. The van der Waals surface area contributed by atoms with Crippen LogP contribution in [-0.2, 0) is 35.5 Å². The van der Waals surface area contributed by atoms with Crippen LogP contribution in [0.2, 0.25) is 0 Å². The monoisotopic (exact) mass is 281 g/mol. The van der Waals surface area contributed by atoms with E-state index < -0.39 is 0 Å². The Hall–Kier alpha value is -2.13. The lowest BCUT2D eigenvalue weighted by molar-refractivity contribution is -0.133. The van der Waals surface area contributed by atoms with Crippen LogP contribution in [0.3, 0.4) is 0 Å². The minimum atomic E-state index is -0.108. The van der Waals surface area contributed by atoms with Gasteiger partial charge in [-0.1, -0.05) is 48.5 Å². The number of nitrogens with one attached hydrogen (secondary N) is 1. The van der Waals surface area contributed by atoms with Gasteiger partial charge in [0.1, 0.15) is 0 Å². The fourth-order valence-corrected chi connectivity index (χ4v) is 2.73. The van der Waals surface area contributed by atoms with E-state index in [1.54, 1.807) is 0 Å². The second kappa shape index (κ2) is 6.55. The van der Waals surface area contributed by atoms with Crippen LogP contribution in [0.4, 0.5) is 0 Å². The molecule has 0 atom stereocenters. The number of amides is 1. The Bertz CT molecular complexity index is 622. The smallest absolute Gasteiger partial charge is 0.247 e. The summed E-state index contributed by atoms with van der Waals surface area (Å²) in [6.45, 7) is 0.386.